The number of methoxy groups -OCH3 is 1. The van der Waals surface area contributed by atoms with Gasteiger partial charge in [-0.15, -0.1) is 0 Å². The molecule has 8 heteroatoms. The first-order valence-electron chi connectivity index (χ1n) is 10.6. The van der Waals surface area contributed by atoms with Gasteiger partial charge in [-0.2, -0.15) is 8.78 Å². The maximum Gasteiger partial charge on any atom is 0.379 e. The summed E-state index contributed by atoms with van der Waals surface area (Å²) in [6.45, 7) is 6.13. The summed E-state index contributed by atoms with van der Waals surface area (Å²) in [6.07, 6.45) is -2.21. The molecule has 1 fully saturated rings. The van der Waals surface area contributed by atoms with E-state index in [0.717, 1.165) is 17.5 Å². The van der Waals surface area contributed by atoms with Crippen LogP contribution in [0.3, 0.4) is 0 Å². The first-order valence-corrected chi connectivity index (χ1v) is 12.5. The Morgan fingerprint density at radius 2 is 1.50 bits per heavy atom. The van der Waals surface area contributed by atoms with Crippen molar-refractivity contribution < 1.29 is 32.2 Å². The maximum absolute atomic E-state index is 14.1. The minimum absolute atomic E-state index is 0.102. The molecule has 0 aromatic heterocycles. The van der Waals surface area contributed by atoms with Crippen LogP contribution < -0.4 is 10.4 Å². The summed E-state index contributed by atoms with van der Waals surface area (Å²) in [5.41, 5.74) is 0. The highest BCUT2D eigenvalue weighted by Gasteiger charge is 2.53. The molecule has 174 valence electrons. The van der Waals surface area contributed by atoms with Gasteiger partial charge in [-0.25, -0.2) is 4.79 Å². The van der Waals surface area contributed by atoms with Crippen LogP contribution in [0.4, 0.5) is 8.78 Å². The molecule has 0 amide bonds. The number of alkyl halides is 2. The molecule has 2 aromatic rings. The third kappa shape index (κ3) is 4.78. The summed E-state index contributed by atoms with van der Waals surface area (Å²) >= 11 is 0. The second-order valence-electron chi connectivity index (χ2n) is 8.87. The van der Waals surface area contributed by atoms with Crippen molar-refractivity contribution in [3.05, 3.63) is 60.7 Å². The highest BCUT2D eigenvalue weighted by Crippen LogP contribution is 2.37. The van der Waals surface area contributed by atoms with Crippen LogP contribution >= 0.6 is 0 Å². The second kappa shape index (κ2) is 9.78. The average Bonchev–Trinajstić information content (AvgIpc) is 2.79. The Bertz CT molecular complexity index is 839. The van der Waals surface area contributed by atoms with Gasteiger partial charge in [0.05, 0.1) is 26.9 Å². The summed E-state index contributed by atoms with van der Waals surface area (Å²) in [6, 6.07) is 20.2. The largest absolute Gasteiger partial charge is 0.465 e. The molecule has 2 atom stereocenters. The molecule has 2 aromatic carbocycles. The highest BCUT2D eigenvalue weighted by molar-refractivity contribution is 6.99. The van der Waals surface area contributed by atoms with E-state index in [9.17, 15) is 13.6 Å². The van der Waals surface area contributed by atoms with Crippen molar-refractivity contribution in [3.63, 3.8) is 0 Å². The van der Waals surface area contributed by atoms with Crippen molar-refractivity contribution >= 4 is 24.7 Å². The zero-order chi connectivity index (χ0) is 23.4. The van der Waals surface area contributed by atoms with Crippen molar-refractivity contribution in [2.45, 2.75) is 43.9 Å². The van der Waals surface area contributed by atoms with Crippen molar-refractivity contribution in [2.24, 2.45) is 0 Å². The topological polar surface area (TPSA) is 54.0 Å². The predicted octanol–water partition coefficient (Wildman–Crippen LogP) is 3.16. The van der Waals surface area contributed by atoms with E-state index in [4.69, 9.17) is 13.9 Å². The number of hydrogen-bond donors (Lipinski definition) is 0. The predicted molar refractivity (Wildman–Crippen MR) is 120 cm³/mol. The van der Waals surface area contributed by atoms with Crippen molar-refractivity contribution in [1.82, 2.24) is 0 Å². The quantitative estimate of drug-likeness (QED) is 0.466. The molecule has 1 aliphatic rings. The van der Waals surface area contributed by atoms with Crippen LogP contribution in [-0.2, 0) is 23.4 Å². The lowest BCUT2D eigenvalue weighted by atomic mass is 10.2. The Labute approximate surface area is 188 Å². The van der Waals surface area contributed by atoms with E-state index in [1.54, 1.807) is 0 Å². The minimum Gasteiger partial charge on any atom is -0.465 e. The number of halogens is 2. The Kier molecular flexibility index (Phi) is 7.49. The lowest BCUT2D eigenvalue weighted by Crippen LogP contribution is -2.67. The molecule has 3 rings (SSSR count). The zero-order valence-electron chi connectivity index (χ0n) is 18.8. The molecule has 2 unspecified atom stereocenters. The van der Waals surface area contributed by atoms with E-state index in [1.165, 1.54) is 0 Å². The van der Waals surface area contributed by atoms with Crippen LogP contribution in [0.25, 0.3) is 0 Å². The van der Waals surface area contributed by atoms with Crippen LogP contribution in [0.5, 0.6) is 0 Å². The van der Waals surface area contributed by atoms with E-state index >= 15 is 0 Å². The van der Waals surface area contributed by atoms with Gasteiger partial charge in [0.15, 0.2) is 6.10 Å². The number of esters is 1. The summed E-state index contributed by atoms with van der Waals surface area (Å²) in [5, 5.41) is 2.02. The number of hydrogen-bond acceptors (Lipinski definition) is 5. The number of rotatable bonds is 7. The first kappa shape index (κ1) is 24.5. The highest BCUT2D eigenvalue weighted by atomic mass is 28.4. The van der Waals surface area contributed by atoms with Crippen LogP contribution in [0.15, 0.2) is 60.7 Å². The van der Waals surface area contributed by atoms with Gasteiger partial charge in [-0.1, -0.05) is 81.4 Å². The third-order valence-electron chi connectivity index (χ3n) is 5.73. The summed E-state index contributed by atoms with van der Waals surface area (Å²) < 4.78 is 50.1. The van der Waals surface area contributed by atoms with Gasteiger partial charge in [-0.05, 0) is 15.4 Å². The normalized spacial score (nSPS) is 20.1. The van der Waals surface area contributed by atoms with Crippen molar-refractivity contribution in [3.8, 4) is 0 Å². The molecule has 5 nitrogen and oxygen atoms in total. The number of carbonyl (C=O) groups excluding carboxylic acids is 1. The average molecular weight is 465 g/mol. The summed E-state index contributed by atoms with van der Waals surface area (Å²) in [7, 11) is -1.85. The fourth-order valence-corrected chi connectivity index (χ4v) is 8.69. The van der Waals surface area contributed by atoms with Gasteiger partial charge in [0.2, 0.25) is 0 Å². The lowest BCUT2D eigenvalue weighted by Gasteiger charge is -2.44. The maximum atomic E-state index is 14.1. The fraction of sp³-hybridized carbons (Fsp3) is 0.458. The Morgan fingerprint density at radius 1 is 0.969 bits per heavy atom. The number of ether oxygens (including phenoxy) is 3. The SMILES string of the molecule is COC(=O)C(F)(F)C1COC(CO[Si](c2ccccc2)(c2ccccc2)C(C)(C)C)CO1. The van der Waals surface area contributed by atoms with E-state index in [2.05, 4.69) is 49.8 Å². The summed E-state index contributed by atoms with van der Waals surface area (Å²) in [4.78, 5) is 11.4. The molecule has 0 bridgehead atoms. The molecule has 0 saturated carbocycles. The van der Waals surface area contributed by atoms with Crippen molar-refractivity contribution in [1.29, 1.82) is 0 Å². The molecular formula is C24H30F2O5Si. The molecule has 0 radical (unpaired) electrons. The van der Waals surface area contributed by atoms with E-state index in [-0.39, 0.29) is 18.3 Å². The van der Waals surface area contributed by atoms with Crippen LogP contribution in [0.2, 0.25) is 5.04 Å². The molecule has 1 saturated heterocycles. The molecule has 0 spiro atoms. The Morgan fingerprint density at radius 3 is 1.91 bits per heavy atom. The molecule has 1 aliphatic heterocycles. The van der Waals surface area contributed by atoms with Gasteiger partial charge in [0.1, 0.15) is 6.10 Å². The Hall–Kier alpha value is -2.13. The van der Waals surface area contributed by atoms with Crippen LogP contribution in [0.1, 0.15) is 20.8 Å². The standard InChI is InChI=1S/C24H30F2O5Si/c1-23(2,3)32(19-11-7-5-8-12-19,20-13-9-6-10-14-20)31-16-18-15-30-21(17-29-18)24(25,26)22(27)28-4/h5-14,18,21H,15-17H2,1-4H3. The van der Waals surface area contributed by atoms with Gasteiger partial charge in [-0.3, -0.25) is 0 Å². The van der Waals surface area contributed by atoms with Crippen LogP contribution in [-0.4, -0.2) is 59.3 Å². The summed E-state index contributed by atoms with van der Waals surface area (Å²) in [5.74, 6) is -5.40. The molecule has 1 heterocycles. The first-order chi connectivity index (χ1) is 15.1. The third-order valence-corrected chi connectivity index (χ3v) is 10.7. The van der Waals surface area contributed by atoms with E-state index in [0.29, 0.717) is 0 Å². The number of benzene rings is 2. The number of carbonyl (C=O) groups is 1. The van der Waals surface area contributed by atoms with E-state index in [1.807, 2.05) is 36.4 Å². The zero-order valence-corrected chi connectivity index (χ0v) is 19.8. The molecule has 0 aliphatic carbocycles. The van der Waals surface area contributed by atoms with Crippen LogP contribution in [0, 0.1) is 0 Å². The minimum atomic E-state index is -3.77. The van der Waals surface area contributed by atoms with Gasteiger partial charge >= 0.3 is 11.9 Å². The molecular weight excluding hydrogens is 434 g/mol. The van der Waals surface area contributed by atoms with Gasteiger partial charge in [0.25, 0.3) is 8.32 Å². The van der Waals surface area contributed by atoms with Crippen molar-refractivity contribution in [2.75, 3.05) is 26.9 Å². The second-order valence-corrected chi connectivity index (χ2v) is 13.2. The van der Waals surface area contributed by atoms with Gasteiger partial charge < -0.3 is 18.6 Å². The van der Waals surface area contributed by atoms with Gasteiger partial charge in [0, 0.05) is 0 Å². The fourth-order valence-electron chi connectivity index (χ4n) is 4.10. The molecule has 0 N–H and O–H groups in total. The molecule has 32 heavy (non-hydrogen) atoms. The Balaban J connectivity index is 1.82. The lowest BCUT2D eigenvalue weighted by molar-refractivity contribution is -0.229. The smallest absolute Gasteiger partial charge is 0.379 e. The monoisotopic (exact) mass is 464 g/mol. The van der Waals surface area contributed by atoms with E-state index < -0.39 is 39.0 Å².